The van der Waals surface area contributed by atoms with Crippen molar-refractivity contribution in [1.29, 1.82) is 0 Å². The fraction of sp³-hybridized carbons (Fsp3) is 0.211. The lowest BCUT2D eigenvalue weighted by Gasteiger charge is -2.16. The Kier molecular flexibility index (Phi) is 5.37. The molecule has 134 valence electrons. The van der Waals surface area contributed by atoms with E-state index < -0.39 is 11.9 Å². The van der Waals surface area contributed by atoms with E-state index in [1.165, 1.54) is 6.92 Å². The van der Waals surface area contributed by atoms with Crippen LogP contribution >= 0.6 is 15.9 Å². The van der Waals surface area contributed by atoms with Crippen molar-refractivity contribution in [1.82, 2.24) is 0 Å². The predicted octanol–water partition coefficient (Wildman–Crippen LogP) is 3.37. The molecule has 3 rings (SSSR count). The minimum Gasteiger partial charge on any atom is -0.426 e. The Morgan fingerprint density at radius 1 is 1.12 bits per heavy atom. The molecule has 1 fully saturated rings. The topological polar surface area (TPSA) is 75.7 Å². The van der Waals surface area contributed by atoms with E-state index in [1.54, 1.807) is 29.2 Å². The second kappa shape index (κ2) is 7.70. The zero-order valence-corrected chi connectivity index (χ0v) is 15.7. The molecule has 1 atom stereocenters. The van der Waals surface area contributed by atoms with Crippen LogP contribution in [0.25, 0.3) is 0 Å². The first-order valence-corrected chi connectivity index (χ1v) is 8.87. The van der Waals surface area contributed by atoms with E-state index in [0.29, 0.717) is 18.0 Å². The molecule has 0 radical (unpaired) electrons. The summed E-state index contributed by atoms with van der Waals surface area (Å²) < 4.78 is 6.29. The number of halogens is 1. The Morgan fingerprint density at radius 3 is 2.38 bits per heavy atom. The average molecular weight is 417 g/mol. The predicted molar refractivity (Wildman–Crippen MR) is 101 cm³/mol. The highest BCUT2D eigenvalue weighted by Crippen LogP contribution is 2.27. The fourth-order valence-electron chi connectivity index (χ4n) is 2.75. The van der Waals surface area contributed by atoms with Crippen LogP contribution in [0.4, 0.5) is 11.4 Å². The molecule has 0 spiro atoms. The molecule has 2 amide bonds. The summed E-state index contributed by atoms with van der Waals surface area (Å²) in [5, 5.41) is 2.64. The van der Waals surface area contributed by atoms with Crippen LogP contribution in [0.2, 0.25) is 0 Å². The molecule has 1 aliphatic rings. The van der Waals surface area contributed by atoms with Gasteiger partial charge in [0.15, 0.2) is 0 Å². The standard InChI is InChI=1S/C19H17BrN2O4/c1-12(23)21-15-4-8-17(9-5-15)26-19(25)13-10-18(24)22(11-13)16-6-2-14(20)3-7-16/h2-9,13H,10-11H2,1H3,(H,21,23)/t13-/m0/s1. The van der Waals surface area contributed by atoms with Gasteiger partial charge in [0.1, 0.15) is 5.75 Å². The highest BCUT2D eigenvalue weighted by molar-refractivity contribution is 9.10. The highest BCUT2D eigenvalue weighted by atomic mass is 79.9. The monoisotopic (exact) mass is 416 g/mol. The van der Waals surface area contributed by atoms with Crippen molar-refractivity contribution in [2.24, 2.45) is 5.92 Å². The smallest absolute Gasteiger partial charge is 0.316 e. The summed E-state index contributed by atoms with van der Waals surface area (Å²) in [5.41, 5.74) is 1.38. The van der Waals surface area contributed by atoms with Gasteiger partial charge in [-0.05, 0) is 48.5 Å². The number of hydrogen-bond acceptors (Lipinski definition) is 4. The summed E-state index contributed by atoms with van der Waals surface area (Å²) in [6.07, 6.45) is 0.124. The second-order valence-electron chi connectivity index (χ2n) is 6.01. The molecule has 1 heterocycles. The summed E-state index contributed by atoms with van der Waals surface area (Å²) in [6.45, 7) is 1.71. The Morgan fingerprint density at radius 2 is 1.77 bits per heavy atom. The third-order valence-electron chi connectivity index (χ3n) is 3.99. The first-order chi connectivity index (χ1) is 12.4. The molecule has 1 saturated heterocycles. The number of anilines is 2. The van der Waals surface area contributed by atoms with Crippen molar-refractivity contribution in [3.63, 3.8) is 0 Å². The Hall–Kier alpha value is -2.67. The van der Waals surface area contributed by atoms with Crippen LogP contribution in [-0.4, -0.2) is 24.3 Å². The molecule has 0 saturated carbocycles. The van der Waals surface area contributed by atoms with Gasteiger partial charge in [-0.15, -0.1) is 0 Å². The van der Waals surface area contributed by atoms with Gasteiger partial charge in [-0.3, -0.25) is 14.4 Å². The quantitative estimate of drug-likeness (QED) is 0.612. The van der Waals surface area contributed by atoms with Gasteiger partial charge in [0.05, 0.1) is 5.92 Å². The van der Waals surface area contributed by atoms with E-state index in [-0.39, 0.29) is 18.2 Å². The SMILES string of the molecule is CC(=O)Nc1ccc(OC(=O)[C@H]2CC(=O)N(c3ccc(Br)cc3)C2)cc1. The molecule has 0 aliphatic carbocycles. The van der Waals surface area contributed by atoms with E-state index in [2.05, 4.69) is 21.2 Å². The van der Waals surface area contributed by atoms with Gasteiger partial charge in [-0.2, -0.15) is 0 Å². The van der Waals surface area contributed by atoms with Gasteiger partial charge in [-0.25, -0.2) is 0 Å². The van der Waals surface area contributed by atoms with Crippen LogP contribution in [0, 0.1) is 5.92 Å². The zero-order chi connectivity index (χ0) is 18.7. The van der Waals surface area contributed by atoms with Crippen LogP contribution in [-0.2, 0) is 14.4 Å². The van der Waals surface area contributed by atoms with Crippen molar-refractivity contribution >= 4 is 45.1 Å². The van der Waals surface area contributed by atoms with E-state index in [1.807, 2.05) is 24.3 Å². The average Bonchev–Trinajstić information content (AvgIpc) is 2.99. The van der Waals surface area contributed by atoms with Gasteiger partial charge in [0.2, 0.25) is 11.8 Å². The first-order valence-electron chi connectivity index (χ1n) is 8.07. The normalized spacial score (nSPS) is 16.5. The van der Waals surface area contributed by atoms with Crippen LogP contribution in [0.1, 0.15) is 13.3 Å². The molecule has 0 aromatic heterocycles. The molecule has 0 unspecified atom stereocenters. The molecular formula is C19H17BrN2O4. The number of benzene rings is 2. The number of ether oxygens (including phenoxy) is 1. The molecule has 0 bridgehead atoms. The van der Waals surface area contributed by atoms with E-state index in [0.717, 1.165) is 10.2 Å². The number of hydrogen-bond donors (Lipinski definition) is 1. The number of rotatable bonds is 4. The Labute approximate surface area is 159 Å². The summed E-state index contributed by atoms with van der Waals surface area (Å²) in [6, 6.07) is 13.9. The van der Waals surface area contributed by atoms with E-state index in [4.69, 9.17) is 4.74 Å². The number of carbonyl (C=O) groups excluding carboxylic acids is 3. The van der Waals surface area contributed by atoms with Crippen LogP contribution in [0.5, 0.6) is 5.75 Å². The number of nitrogens with zero attached hydrogens (tertiary/aromatic N) is 1. The molecule has 7 heteroatoms. The maximum atomic E-state index is 12.4. The second-order valence-corrected chi connectivity index (χ2v) is 6.92. The molecular weight excluding hydrogens is 400 g/mol. The lowest BCUT2D eigenvalue weighted by atomic mass is 10.1. The van der Waals surface area contributed by atoms with Gasteiger partial charge in [-0.1, -0.05) is 15.9 Å². The van der Waals surface area contributed by atoms with Gasteiger partial charge in [0, 0.05) is 35.7 Å². The lowest BCUT2D eigenvalue weighted by molar-refractivity contribution is -0.139. The molecule has 2 aromatic rings. The third-order valence-corrected chi connectivity index (χ3v) is 4.52. The van der Waals surface area contributed by atoms with Crippen LogP contribution in [0.3, 0.4) is 0 Å². The fourth-order valence-corrected chi connectivity index (χ4v) is 3.01. The minimum absolute atomic E-state index is 0.102. The van der Waals surface area contributed by atoms with Crippen molar-refractivity contribution in [3.05, 3.63) is 53.0 Å². The minimum atomic E-state index is -0.513. The van der Waals surface area contributed by atoms with Crippen molar-refractivity contribution in [3.8, 4) is 5.75 Å². The maximum absolute atomic E-state index is 12.4. The summed E-state index contributed by atoms with van der Waals surface area (Å²) in [7, 11) is 0. The summed E-state index contributed by atoms with van der Waals surface area (Å²) in [4.78, 5) is 37.2. The number of esters is 1. The molecule has 6 nitrogen and oxygen atoms in total. The molecule has 1 N–H and O–H groups in total. The van der Waals surface area contributed by atoms with E-state index in [9.17, 15) is 14.4 Å². The van der Waals surface area contributed by atoms with E-state index >= 15 is 0 Å². The van der Waals surface area contributed by atoms with Crippen LogP contribution < -0.4 is 15.0 Å². The maximum Gasteiger partial charge on any atom is 0.316 e. The van der Waals surface area contributed by atoms with Gasteiger partial charge >= 0.3 is 5.97 Å². The lowest BCUT2D eigenvalue weighted by Crippen LogP contribution is -2.27. The van der Waals surface area contributed by atoms with Crippen molar-refractivity contribution in [2.75, 3.05) is 16.8 Å². The molecule has 26 heavy (non-hydrogen) atoms. The Bertz CT molecular complexity index is 834. The summed E-state index contributed by atoms with van der Waals surface area (Å²) in [5.74, 6) is -0.854. The zero-order valence-electron chi connectivity index (χ0n) is 14.1. The van der Waals surface area contributed by atoms with Crippen molar-refractivity contribution in [2.45, 2.75) is 13.3 Å². The molecule has 1 aliphatic heterocycles. The highest BCUT2D eigenvalue weighted by Gasteiger charge is 2.36. The third kappa shape index (κ3) is 4.29. The largest absolute Gasteiger partial charge is 0.426 e. The van der Waals surface area contributed by atoms with Gasteiger partial charge in [0.25, 0.3) is 0 Å². The number of carbonyl (C=O) groups is 3. The summed E-state index contributed by atoms with van der Waals surface area (Å²) >= 11 is 3.36. The number of nitrogens with one attached hydrogen (secondary N) is 1. The first kappa shape index (κ1) is 18.1. The van der Waals surface area contributed by atoms with Gasteiger partial charge < -0.3 is 15.0 Å². The van der Waals surface area contributed by atoms with Crippen molar-refractivity contribution < 1.29 is 19.1 Å². The number of amides is 2. The molecule has 2 aromatic carbocycles. The van der Waals surface area contributed by atoms with Crippen LogP contribution in [0.15, 0.2) is 53.0 Å². The Balaban J connectivity index is 1.62.